The molecule has 0 aliphatic heterocycles. The first-order chi connectivity index (χ1) is 14.2. The molecule has 0 spiro atoms. The molecule has 30 heavy (non-hydrogen) atoms. The number of sulfonamides is 1. The maximum Gasteiger partial charge on any atom is 0.244 e. The lowest BCUT2D eigenvalue weighted by molar-refractivity contribution is -0.123. The van der Waals surface area contributed by atoms with Crippen molar-refractivity contribution in [3.63, 3.8) is 0 Å². The van der Waals surface area contributed by atoms with Crippen molar-refractivity contribution in [3.05, 3.63) is 54.1 Å². The summed E-state index contributed by atoms with van der Waals surface area (Å²) >= 11 is 0. The number of aryl methyl sites for hydroxylation is 1. The first-order valence-electron chi connectivity index (χ1n) is 9.79. The molecule has 0 heterocycles. The molecular formula is C22H30N2O5S. The van der Waals surface area contributed by atoms with Crippen molar-refractivity contribution in [2.75, 3.05) is 24.3 Å². The second-order valence-corrected chi connectivity index (χ2v) is 9.08. The third-order valence-electron chi connectivity index (χ3n) is 4.53. The average Bonchev–Trinajstić information content (AvgIpc) is 2.69. The van der Waals surface area contributed by atoms with Crippen LogP contribution >= 0.6 is 0 Å². The molecule has 164 valence electrons. The van der Waals surface area contributed by atoms with Gasteiger partial charge in [0.2, 0.25) is 15.9 Å². The Balaban J connectivity index is 2.08. The minimum absolute atomic E-state index is 0.248. The summed E-state index contributed by atoms with van der Waals surface area (Å²) in [6.45, 7) is 5.73. The number of carbonyl (C=O) groups excluding carboxylic acids is 1. The van der Waals surface area contributed by atoms with E-state index >= 15 is 0 Å². The summed E-state index contributed by atoms with van der Waals surface area (Å²) in [4.78, 5) is 12.9. The number of hydrogen-bond donors (Lipinski definition) is 1. The lowest BCUT2D eigenvalue weighted by Gasteiger charge is -2.31. The van der Waals surface area contributed by atoms with Crippen LogP contribution in [-0.4, -0.2) is 46.4 Å². The maximum atomic E-state index is 12.9. The molecule has 2 unspecified atom stereocenters. The number of hydrogen-bond acceptors (Lipinski definition) is 5. The number of anilines is 1. The molecule has 0 radical (unpaired) electrons. The van der Waals surface area contributed by atoms with Crippen molar-refractivity contribution in [1.29, 1.82) is 0 Å². The summed E-state index contributed by atoms with van der Waals surface area (Å²) in [6.07, 6.45) is 1.44. The van der Waals surface area contributed by atoms with Gasteiger partial charge in [0.1, 0.15) is 24.1 Å². The Labute approximate surface area is 179 Å². The summed E-state index contributed by atoms with van der Waals surface area (Å²) in [7, 11) is -2.07. The van der Waals surface area contributed by atoms with Crippen LogP contribution in [0.5, 0.6) is 11.5 Å². The van der Waals surface area contributed by atoms with E-state index < -0.39 is 16.1 Å². The molecule has 1 amide bonds. The van der Waals surface area contributed by atoms with E-state index in [1.807, 2.05) is 19.9 Å². The molecule has 8 heteroatoms. The van der Waals surface area contributed by atoms with Crippen LogP contribution in [-0.2, 0) is 14.8 Å². The Kier molecular flexibility index (Phi) is 8.11. The molecule has 0 aromatic heterocycles. The van der Waals surface area contributed by atoms with Crippen molar-refractivity contribution in [2.24, 2.45) is 0 Å². The Morgan fingerprint density at radius 3 is 2.30 bits per heavy atom. The van der Waals surface area contributed by atoms with Gasteiger partial charge in [-0.05, 0) is 62.2 Å². The Morgan fingerprint density at radius 2 is 1.77 bits per heavy atom. The van der Waals surface area contributed by atoms with Gasteiger partial charge in [-0.3, -0.25) is 9.10 Å². The van der Waals surface area contributed by atoms with Crippen molar-refractivity contribution in [3.8, 4) is 11.5 Å². The Hall–Kier alpha value is -2.74. The summed E-state index contributed by atoms with van der Waals surface area (Å²) < 4.78 is 37.0. The van der Waals surface area contributed by atoms with Gasteiger partial charge in [-0.25, -0.2) is 8.42 Å². The van der Waals surface area contributed by atoms with E-state index in [2.05, 4.69) is 5.32 Å². The first kappa shape index (κ1) is 23.5. The highest BCUT2D eigenvalue weighted by molar-refractivity contribution is 7.92. The predicted octanol–water partition coefficient (Wildman–Crippen LogP) is 3.13. The number of nitrogens with one attached hydrogen (secondary N) is 1. The topological polar surface area (TPSA) is 84.9 Å². The fourth-order valence-electron chi connectivity index (χ4n) is 3.10. The van der Waals surface area contributed by atoms with Crippen molar-refractivity contribution in [2.45, 2.75) is 39.3 Å². The Bertz CT molecular complexity index is 944. The summed E-state index contributed by atoms with van der Waals surface area (Å²) in [5, 5.41) is 2.87. The third kappa shape index (κ3) is 6.38. The zero-order chi connectivity index (χ0) is 22.3. The van der Waals surface area contributed by atoms with Crippen LogP contribution in [0, 0.1) is 6.92 Å². The maximum absolute atomic E-state index is 12.9. The molecule has 0 fully saturated rings. The molecule has 0 bridgehead atoms. The van der Waals surface area contributed by atoms with Crippen LogP contribution in [0.2, 0.25) is 0 Å². The molecule has 7 nitrogen and oxygen atoms in total. The third-order valence-corrected chi connectivity index (χ3v) is 5.71. The first-order valence-corrected chi connectivity index (χ1v) is 11.6. The number of amides is 1. The normalized spacial score (nSPS) is 13.2. The summed E-state index contributed by atoms with van der Waals surface area (Å²) in [5.41, 5.74) is 1.39. The number of rotatable bonds is 10. The number of carbonyl (C=O) groups is 1. The SMILES string of the molecule is CCC(C(=O)NC(C)COc1ccc(OC)cc1)N(c1cccc(C)c1)S(C)(=O)=O. The number of ether oxygens (including phenoxy) is 2. The second kappa shape index (κ2) is 10.3. The van der Waals surface area contributed by atoms with Gasteiger partial charge in [0.15, 0.2) is 0 Å². The smallest absolute Gasteiger partial charge is 0.244 e. The highest BCUT2D eigenvalue weighted by atomic mass is 32.2. The van der Waals surface area contributed by atoms with Crippen molar-refractivity contribution >= 4 is 21.6 Å². The quantitative estimate of drug-likeness (QED) is 0.621. The fourth-order valence-corrected chi connectivity index (χ4v) is 4.30. The standard InChI is InChI=1S/C22H30N2O5S/c1-6-21(24(30(5,26)27)18-9-7-8-16(2)14-18)22(25)23-17(3)15-29-20-12-10-19(28-4)11-13-20/h7-14,17,21H,6,15H2,1-5H3,(H,23,25). The van der Waals surface area contributed by atoms with Gasteiger partial charge in [0, 0.05) is 0 Å². The molecule has 2 aromatic carbocycles. The summed E-state index contributed by atoms with van der Waals surface area (Å²) in [6, 6.07) is 13.1. The van der Waals surface area contributed by atoms with Crippen LogP contribution in [0.4, 0.5) is 5.69 Å². The molecule has 0 saturated carbocycles. The van der Waals surface area contributed by atoms with E-state index in [0.717, 1.165) is 17.6 Å². The van der Waals surface area contributed by atoms with E-state index in [-0.39, 0.29) is 18.6 Å². The minimum Gasteiger partial charge on any atom is -0.497 e. The highest BCUT2D eigenvalue weighted by Crippen LogP contribution is 2.23. The molecule has 0 aliphatic carbocycles. The van der Waals surface area contributed by atoms with Crippen LogP contribution in [0.15, 0.2) is 48.5 Å². The van der Waals surface area contributed by atoms with Crippen molar-refractivity contribution < 1.29 is 22.7 Å². The van der Waals surface area contributed by atoms with Gasteiger partial charge in [0.05, 0.1) is 25.1 Å². The van der Waals surface area contributed by atoms with E-state index in [1.165, 1.54) is 4.31 Å². The van der Waals surface area contributed by atoms with Crippen LogP contribution in [0.3, 0.4) is 0 Å². The number of nitrogens with zero attached hydrogens (tertiary/aromatic N) is 1. The molecule has 0 saturated heterocycles. The van der Waals surface area contributed by atoms with E-state index in [4.69, 9.17) is 9.47 Å². The van der Waals surface area contributed by atoms with E-state index in [0.29, 0.717) is 17.9 Å². The minimum atomic E-state index is -3.66. The molecule has 2 rings (SSSR count). The molecule has 2 aromatic rings. The number of methoxy groups -OCH3 is 1. The van der Waals surface area contributed by atoms with Gasteiger partial charge < -0.3 is 14.8 Å². The summed E-state index contributed by atoms with van der Waals surface area (Å²) in [5.74, 6) is 1.02. The van der Waals surface area contributed by atoms with Gasteiger partial charge in [0.25, 0.3) is 0 Å². The zero-order valence-electron chi connectivity index (χ0n) is 18.1. The van der Waals surface area contributed by atoms with Crippen LogP contribution in [0.1, 0.15) is 25.8 Å². The predicted molar refractivity (Wildman–Crippen MR) is 119 cm³/mol. The van der Waals surface area contributed by atoms with Gasteiger partial charge >= 0.3 is 0 Å². The molecule has 2 atom stereocenters. The van der Waals surface area contributed by atoms with Crippen LogP contribution < -0.4 is 19.1 Å². The number of benzene rings is 2. The molecule has 0 aliphatic rings. The second-order valence-electron chi connectivity index (χ2n) is 7.22. The fraction of sp³-hybridized carbons (Fsp3) is 0.409. The Morgan fingerprint density at radius 1 is 1.13 bits per heavy atom. The molecule has 1 N–H and O–H groups in total. The monoisotopic (exact) mass is 434 g/mol. The largest absolute Gasteiger partial charge is 0.497 e. The van der Waals surface area contributed by atoms with Gasteiger partial charge in [-0.15, -0.1) is 0 Å². The van der Waals surface area contributed by atoms with E-state index in [9.17, 15) is 13.2 Å². The average molecular weight is 435 g/mol. The van der Waals surface area contributed by atoms with Gasteiger partial charge in [-0.1, -0.05) is 19.1 Å². The lowest BCUT2D eigenvalue weighted by atomic mass is 10.1. The molecular weight excluding hydrogens is 404 g/mol. The highest BCUT2D eigenvalue weighted by Gasteiger charge is 2.32. The van der Waals surface area contributed by atoms with Crippen molar-refractivity contribution in [1.82, 2.24) is 5.32 Å². The lowest BCUT2D eigenvalue weighted by Crippen LogP contribution is -2.52. The zero-order valence-corrected chi connectivity index (χ0v) is 18.9. The van der Waals surface area contributed by atoms with E-state index in [1.54, 1.807) is 56.5 Å². The van der Waals surface area contributed by atoms with Crippen LogP contribution in [0.25, 0.3) is 0 Å². The van der Waals surface area contributed by atoms with Gasteiger partial charge in [-0.2, -0.15) is 0 Å².